The van der Waals surface area contributed by atoms with E-state index in [1.807, 2.05) is 0 Å². The first-order valence-corrected chi connectivity index (χ1v) is 9.96. The lowest BCUT2D eigenvalue weighted by atomic mass is 10.3. The number of carbonyl (C=O) groups excluding carboxylic acids is 1. The second-order valence-corrected chi connectivity index (χ2v) is 8.73. The summed E-state index contributed by atoms with van der Waals surface area (Å²) in [4.78, 5) is 23.3. The summed E-state index contributed by atoms with van der Waals surface area (Å²) in [6.07, 6.45) is 1.10. The van der Waals surface area contributed by atoms with Crippen molar-refractivity contribution in [3.63, 3.8) is 0 Å². The van der Waals surface area contributed by atoms with E-state index in [1.54, 1.807) is 31.2 Å². The first-order chi connectivity index (χ1) is 11.7. The highest BCUT2D eigenvalue weighted by Gasteiger charge is 2.16. The Bertz CT molecular complexity index is 895. The van der Waals surface area contributed by atoms with Crippen molar-refractivity contribution in [2.45, 2.75) is 22.0 Å². The van der Waals surface area contributed by atoms with E-state index in [-0.39, 0.29) is 16.5 Å². The number of anilines is 1. The minimum Gasteiger partial charge on any atom is -0.325 e. The summed E-state index contributed by atoms with van der Waals surface area (Å²) in [6.45, 7) is 1.70. The number of nitro benzene ring substituents is 1. The first kappa shape index (κ1) is 18.9. The van der Waals surface area contributed by atoms with E-state index in [0.29, 0.717) is 5.69 Å². The zero-order valence-corrected chi connectivity index (χ0v) is 15.1. The Hall–Kier alpha value is -2.39. The average Bonchev–Trinajstić information content (AvgIpc) is 2.54. The van der Waals surface area contributed by atoms with Gasteiger partial charge in [-0.3, -0.25) is 14.9 Å². The van der Waals surface area contributed by atoms with E-state index < -0.39 is 20.0 Å². The van der Waals surface area contributed by atoms with Gasteiger partial charge in [0.05, 0.1) is 15.1 Å². The van der Waals surface area contributed by atoms with Gasteiger partial charge in [0.1, 0.15) is 0 Å². The normalized spacial score (nSPS) is 12.4. The van der Waals surface area contributed by atoms with Gasteiger partial charge in [-0.25, -0.2) is 8.42 Å². The van der Waals surface area contributed by atoms with E-state index >= 15 is 0 Å². The van der Waals surface area contributed by atoms with Crippen molar-refractivity contribution in [1.82, 2.24) is 0 Å². The predicted molar refractivity (Wildman–Crippen MR) is 96.6 cm³/mol. The van der Waals surface area contributed by atoms with Crippen LogP contribution >= 0.6 is 11.8 Å². The molecule has 0 radical (unpaired) electrons. The number of nitro groups is 1. The average molecular weight is 380 g/mol. The van der Waals surface area contributed by atoms with Crippen LogP contribution in [-0.2, 0) is 14.6 Å². The topological polar surface area (TPSA) is 106 Å². The highest BCUT2D eigenvalue weighted by atomic mass is 32.2. The molecular weight excluding hydrogens is 364 g/mol. The number of hydrogen-bond donors (Lipinski definition) is 1. The van der Waals surface area contributed by atoms with Gasteiger partial charge in [0.15, 0.2) is 9.84 Å². The number of rotatable bonds is 6. The zero-order chi connectivity index (χ0) is 18.6. The number of benzene rings is 2. The van der Waals surface area contributed by atoms with Crippen molar-refractivity contribution in [1.29, 1.82) is 0 Å². The Labute approximate surface area is 149 Å². The Balaban J connectivity index is 2.04. The fraction of sp³-hybridized carbons (Fsp3) is 0.188. The van der Waals surface area contributed by atoms with Gasteiger partial charge in [0, 0.05) is 29.0 Å². The van der Waals surface area contributed by atoms with Crippen LogP contribution in [0.2, 0.25) is 0 Å². The summed E-state index contributed by atoms with van der Waals surface area (Å²) in [7, 11) is -3.35. The van der Waals surface area contributed by atoms with Crippen LogP contribution in [0.1, 0.15) is 6.92 Å². The van der Waals surface area contributed by atoms with Crippen molar-refractivity contribution < 1.29 is 18.1 Å². The van der Waals surface area contributed by atoms with Gasteiger partial charge >= 0.3 is 0 Å². The molecular formula is C16H16N2O5S2. The van der Waals surface area contributed by atoms with Gasteiger partial charge in [0.25, 0.3) is 5.69 Å². The van der Waals surface area contributed by atoms with E-state index in [1.165, 1.54) is 36.0 Å². The molecule has 0 aromatic heterocycles. The maximum atomic E-state index is 12.3. The molecule has 0 aliphatic carbocycles. The summed E-state index contributed by atoms with van der Waals surface area (Å²) >= 11 is 1.25. The van der Waals surface area contributed by atoms with E-state index in [2.05, 4.69) is 5.32 Å². The van der Waals surface area contributed by atoms with E-state index in [4.69, 9.17) is 0 Å². The quantitative estimate of drug-likeness (QED) is 0.469. The molecule has 0 saturated carbocycles. The first-order valence-electron chi connectivity index (χ1n) is 7.19. The molecule has 0 fully saturated rings. The molecule has 2 rings (SSSR count). The molecule has 7 nitrogen and oxygen atoms in total. The van der Waals surface area contributed by atoms with Gasteiger partial charge in [0.2, 0.25) is 5.91 Å². The molecule has 0 unspecified atom stereocenters. The molecule has 132 valence electrons. The van der Waals surface area contributed by atoms with Crippen molar-refractivity contribution in [2.75, 3.05) is 11.6 Å². The third-order valence-corrected chi connectivity index (χ3v) is 5.48. The number of sulfone groups is 1. The van der Waals surface area contributed by atoms with Crippen molar-refractivity contribution in [3.8, 4) is 0 Å². The number of hydrogen-bond acceptors (Lipinski definition) is 6. The summed E-state index contributed by atoms with van der Waals surface area (Å²) in [6, 6.07) is 11.9. The number of nitrogens with one attached hydrogen (secondary N) is 1. The minimum atomic E-state index is -3.35. The van der Waals surface area contributed by atoms with Gasteiger partial charge in [-0.05, 0) is 37.3 Å². The second kappa shape index (κ2) is 7.66. The molecule has 2 aromatic carbocycles. The van der Waals surface area contributed by atoms with Crippen LogP contribution in [-0.4, -0.2) is 30.8 Å². The fourth-order valence-electron chi connectivity index (χ4n) is 1.95. The molecule has 1 amide bonds. The summed E-state index contributed by atoms with van der Waals surface area (Å²) in [5, 5.41) is 12.8. The molecule has 9 heteroatoms. The smallest absolute Gasteiger partial charge is 0.269 e. The molecule has 0 heterocycles. The van der Waals surface area contributed by atoms with Gasteiger partial charge in [-0.2, -0.15) is 0 Å². The van der Waals surface area contributed by atoms with Crippen LogP contribution in [0, 0.1) is 10.1 Å². The lowest BCUT2D eigenvalue weighted by Gasteiger charge is -2.12. The van der Waals surface area contributed by atoms with Crippen molar-refractivity contribution in [2.24, 2.45) is 0 Å². The standard InChI is InChI=1S/C16H16N2O5S2/c1-11(24-14-8-6-13(7-9-14)18(20)21)16(19)17-12-4-3-5-15(10-12)25(2,22)23/h3-11H,1-2H3,(H,17,19)/t11-/m0/s1. The highest BCUT2D eigenvalue weighted by molar-refractivity contribution is 8.00. The van der Waals surface area contributed by atoms with Crippen molar-refractivity contribution >= 4 is 38.9 Å². The summed E-state index contributed by atoms with van der Waals surface area (Å²) in [5.41, 5.74) is 0.378. The Morgan fingerprint density at radius 1 is 1.20 bits per heavy atom. The fourth-order valence-corrected chi connectivity index (χ4v) is 3.49. The minimum absolute atomic E-state index is 0.0148. The number of carbonyl (C=O) groups is 1. The van der Waals surface area contributed by atoms with Crippen molar-refractivity contribution in [3.05, 3.63) is 58.6 Å². The van der Waals surface area contributed by atoms with Crippen LogP contribution in [0.25, 0.3) is 0 Å². The van der Waals surface area contributed by atoms with Crippen LogP contribution in [0.3, 0.4) is 0 Å². The van der Waals surface area contributed by atoms with Crippen LogP contribution in [0.15, 0.2) is 58.3 Å². The maximum absolute atomic E-state index is 12.3. The molecule has 0 aliphatic rings. The molecule has 2 aromatic rings. The molecule has 0 bridgehead atoms. The lowest BCUT2D eigenvalue weighted by molar-refractivity contribution is -0.384. The van der Waals surface area contributed by atoms with Gasteiger partial charge in [-0.1, -0.05) is 6.07 Å². The van der Waals surface area contributed by atoms with Gasteiger partial charge in [-0.15, -0.1) is 11.8 Å². The van der Waals surface area contributed by atoms with E-state index in [9.17, 15) is 23.3 Å². The highest BCUT2D eigenvalue weighted by Crippen LogP contribution is 2.26. The molecule has 25 heavy (non-hydrogen) atoms. The van der Waals surface area contributed by atoms with Crippen LogP contribution in [0.5, 0.6) is 0 Å². The molecule has 0 aliphatic heterocycles. The Kier molecular flexibility index (Phi) is 5.81. The monoisotopic (exact) mass is 380 g/mol. The number of thioether (sulfide) groups is 1. The Morgan fingerprint density at radius 3 is 2.40 bits per heavy atom. The summed E-state index contributed by atoms with van der Waals surface area (Å²) < 4.78 is 23.1. The lowest BCUT2D eigenvalue weighted by Crippen LogP contribution is -2.22. The van der Waals surface area contributed by atoms with Crippen LogP contribution < -0.4 is 5.32 Å². The van der Waals surface area contributed by atoms with E-state index in [0.717, 1.165) is 11.2 Å². The number of non-ortho nitro benzene ring substituents is 1. The second-order valence-electron chi connectivity index (χ2n) is 5.30. The van der Waals surface area contributed by atoms with Gasteiger partial charge < -0.3 is 5.32 Å². The summed E-state index contributed by atoms with van der Waals surface area (Å²) in [5.74, 6) is -0.297. The number of nitrogens with zero attached hydrogens (tertiary/aromatic N) is 1. The SMILES string of the molecule is C[C@H](Sc1ccc([N+](=O)[O-])cc1)C(=O)Nc1cccc(S(C)(=O)=O)c1. The third kappa shape index (κ3) is 5.30. The third-order valence-electron chi connectivity index (χ3n) is 3.26. The molecule has 1 atom stereocenters. The predicted octanol–water partition coefficient (Wildman–Crippen LogP) is 3.12. The number of amides is 1. The van der Waals surface area contributed by atoms with Crippen LogP contribution in [0.4, 0.5) is 11.4 Å². The molecule has 0 saturated heterocycles. The zero-order valence-electron chi connectivity index (χ0n) is 13.5. The largest absolute Gasteiger partial charge is 0.325 e. The maximum Gasteiger partial charge on any atom is 0.269 e. The molecule has 0 spiro atoms. The Morgan fingerprint density at radius 2 is 1.84 bits per heavy atom. The molecule has 1 N–H and O–H groups in total.